The largest absolute Gasteiger partial charge is 0.378 e. The molecule has 2 aromatic heterocycles. The normalized spacial score (nSPS) is 20.2. The molecule has 0 aliphatic carbocycles. The van der Waals surface area contributed by atoms with Gasteiger partial charge in [0.25, 0.3) is 5.91 Å². The molecule has 2 fully saturated rings. The summed E-state index contributed by atoms with van der Waals surface area (Å²) >= 11 is 1.77. The van der Waals surface area contributed by atoms with Gasteiger partial charge in [0.05, 0.1) is 29.3 Å². The molecular weight excluding hydrogens is 396 g/mol. The lowest BCUT2D eigenvalue weighted by Crippen LogP contribution is -2.40. The van der Waals surface area contributed by atoms with Crippen LogP contribution in [0.15, 0.2) is 36.5 Å². The van der Waals surface area contributed by atoms with Crippen LogP contribution in [-0.4, -0.2) is 65.1 Å². The second-order valence-corrected chi connectivity index (χ2v) is 9.40. The molecular formula is C23H26N4O2S. The Bertz CT molecular complexity index is 1060. The number of hydrogen-bond donors (Lipinski definition) is 0. The number of morpholine rings is 1. The number of benzene rings is 1. The van der Waals surface area contributed by atoms with Gasteiger partial charge in [0.2, 0.25) is 0 Å². The van der Waals surface area contributed by atoms with Crippen molar-refractivity contribution in [2.75, 3.05) is 39.4 Å². The second kappa shape index (κ2) is 8.41. The summed E-state index contributed by atoms with van der Waals surface area (Å²) in [6.07, 6.45) is 3.05. The number of para-hydroxylation sites is 1. The van der Waals surface area contributed by atoms with Gasteiger partial charge in [-0.05, 0) is 32.0 Å². The molecule has 0 bridgehead atoms. The quantitative estimate of drug-likeness (QED) is 0.644. The molecule has 7 heteroatoms. The highest BCUT2D eigenvalue weighted by Gasteiger charge is 2.28. The molecule has 1 atom stereocenters. The SMILES string of the molecule is Cc1ncc(CN2CCC(c3cc(C(=O)N4CCOCC4)c4ccccc4n3)C2)s1. The molecule has 4 heterocycles. The van der Waals surface area contributed by atoms with E-state index < -0.39 is 0 Å². The van der Waals surface area contributed by atoms with Crippen LogP contribution in [0.4, 0.5) is 0 Å². The van der Waals surface area contributed by atoms with Gasteiger partial charge in [-0.1, -0.05) is 18.2 Å². The molecule has 2 aliphatic rings. The third kappa shape index (κ3) is 3.97. The first kappa shape index (κ1) is 19.6. The fraction of sp³-hybridized carbons (Fsp3) is 0.435. The van der Waals surface area contributed by atoms with E-state index in [1.807, 2.05) is 48.4 Å². The number of nitrogens with zero attached hydrogens (tertiary/aromatic N) is 4. The van der Waals surface area contributed by atoms with E-state index in [2.05, 4.69) is 9.88 Å². The highest BCUT2D eigenvalue weighted by atomic mass is 32.1. The van der Waals surface area contributed by atoms with Crippen LogP contribution in [0.3, 0.4) is 0 Å². The van der Waals surface area contributed by atoms with Crippen molar-refractivity contribution in [1.82, 2.24) is 19.8 Å². The first-order valence-electron chi connectivity index (χ1n) is 10.6. The number of aromatic nitrogens is 2. The van der Waals surface area contributed by atoms with E-state index in [0.29, 0.717) is 32.2 Å². The number of rotatable bonds is 4. The molecule has 0 N–H and O–H groups in total. The highest BCUT2D eigenvalue weighted by molar-refractivity contribution is 7.11. The minimum atomic E-state index is 0.0909. The van der Waals surface area contributed by atoms with E-state index in [-0.39, 0.29) is 5.91 Å². The smallest absolute Gasteiger partial charge is 0.254 e. The number of aryl methyl sites for hydroxylation is 1. The Balaban J connectivity index is 1.41. The maximum Gasteiger partial charge on any atom is 0.254 e. The van der Waals surface area contributed by atoms with Crippen LogP contribution in [0.25, 0.3) is 10.9 Å². The molecule has 0 spiro atoms. The van der Waals surface area contributed by atoms with Crippen LogP contribution >= 0.6 is 11.3 Å². The lowest BCUT2D eigenvalue weighted by molar-refractivity contribution is 0.0304. The first-order chi connectivity index (χ1) is 14.7. The third-order valence-corrected chi connectivity index (χ3v) is 6.90. The number of pyridine rings is 1. The Labute approximate surface area is 180 Å². The van der Waals surface area contributed by atoms with Gasteiger partial charge in [-0.25, -0.2) is 4.98 Å². The minimum absolute atomic E-state index is 0.0909. The van der Waals surface area contributed by atoms with E-state index in [1.165, 1.54) is 4.88 Å². The average molecular weight is 423 g/mol. The van der Waals surface area contributed by atoms with E-state index in [1.54, 1.807) is 11.3 Å². The topological polar surface area (TPSA) is 58.6 Å². The first-order valence-corrected chi connectivity index (χ1v) is 11.4. The Morgan fingerprint density at radius 3 is 2.87 bits per heavy atom. The summed E-state index contributed by atoms with van der Waals surface area (Å²) in [5.41, 5.74) is 2.71. The number of hydrogen-bond acceptors (Lipinski definition) is 6. The van der Waals surface area contributed by atoms with Crippen molar-refractivity contribution >= 4 is 28.1 Å². The molecule has 0 saturated carbocycles. The third-order valence-electron chi connectivity index (χ3n) is 6.00. The van der Waals surface area contributed by atoms with Gasteiger partial charge < -0.3 is 9.64 Å². The van der Waals surface area contributed by atoms with Crippen LogP contribution in [0.1, 0.15) is 38.3 Å². The number of likely N-dealkylation sites (tertiary alicyclic amines) is 1. The summed E-state index contributed by atoms with van der Waals surface area (Å²) in [4.78, 5) is 28.3. The Morgan fingerprint density at radius 1 is 1.23 bits per heavy atom. The van der Waals surface area contributed by atoms with Crippen LogP contribution in [0.2, 0.25) is 0 Å². The van der Waals surface area contributed by atoms with Gasteiger partial charge in [-0.3, -0.25) is 14.7 Å². The zero-order chi connectivity index (χ0) is 20.5. The zero-order valence-electron chi connectivity index (χ0n) is 17.2. The average Bonchev–Trinajstić information content (AvgIpc) is 3.42. The maximum absolute atomic E-state index is 13.3. The van der Waals surface area contributed by atoms with Gasteiger partial charge >= 0.3 is 0 Å². The summed E-state index contributed by atoms with van der Waals surface area (Å²) in [6, 6.07) is 10.0. The monoisotopic (exact) mass is 422 g/mol. The fourth-order valence-electron chi connectivity index (χ4n) is 4.44. The van der Waals surface area contributed by atoms with E-state index >= 15 is 0 Å². The molecule has 1 aromatic carbocycles. The molecule has 2 saturated heterocycles. The number of fused-ring (bicyclic) bond motifs is 1. The van der Waals surface area contributed by atoms with Crippen LogP contribution < -0.4 is 0 Å². The molecule has 3 aromatic rings. The molecule has 1 unspecified atom stereocenters. The standard InChI is InChI=1S/C23H26N4O2S/c1-16-24-13-18(30-16)15-26-7-6-17(14-26)22-12-20(19-4-2-3-5-21(19)25-22)23(28)27-8-10-29-11-9-27/h2-5,12-13,17H,6-11,14-15H2,1H3. The lowest BCUT2D eigenvalue weighted by Gasteiger charge is -2.27. The maximum atomic E-state index is 13.3. The molecule has 2 aliphatic heterocycles. The van der Waals surface area contributed by atoms with Crippen molar-refractivity contribution in [2.45, 2.75) is 25.8 Å². The van der Waals surface area contributed by atoms with Crippen molar-refractivity contribution in [3.05, 3.63) is 57.7 Å². The number of ether oxygens (including phenoxy) is 1. The van der Waals surface area contributed by atoms with E-state index in [4.69, 9.17) is 9.72 Å². The van der Waals surface area contributed by atoms with Gasteiger partial charge in [-0.15, -0.1) is 11.3 Å². The van der Waals surface area contributed by atoms with Gasteiger partial charge in [0, 0.05) is 54.3 Å². The molecule has 5 rings (SSSR count). The zero-order valence-corrected chi connectivity index (χ0v) is 18.0. The van der Waals surface area contributed by atoms with Crippen LogP contribution in [-0.2, 0) is 11.3 Å². The van der Waals surface area contributed by atoms with Crippen molar-refractivity contribution in [3.63, 3.8) is 0 Å². The van der Waals surface area contributed by atoms with Crippen molar-refractivity contribution in [2.24, 2.45) is 0 Å². The Kier molecular flexibility index (Phi) is 5.50. The number of thiazole rings is 1. The van der Waals surface area contributed by atoms with Gasteiger partial charge in [0.1, 0.15) is 0 Å². The Hall–Kier alpha value is -2.35. The lowest BCUT2D eigenvalue weighted by atomic mass is 9.99. The second-order valence-electron chi connectivity index (χ2n) is 8.08. The summed E-state index contributed by atoms with van der Waals surface area (Å²) in [6.45, 7) is 7.51. The van der Waals surface area contributed by atoms with Crippen LogP contribution in [0.5, 0.6) is 0 Å². The summed E-state index contributed by atoms with van der Waals surface area (Å²) in [7, 11) is 0. The van der Waals surface area contributed by atoms with E-state index in [9.17, 15) is 4.79 Å². The van der Waals surface area contributed by atoms with Crippen LogP contribution in [0, 0.1) is 6.92 Å². The van der Waals surface area contributed by atoms with Gasteiger partial charge in [0.15, 0.2) is 0 Å². The van der Waals surface area contributed by atoms with Crippen molar-refractivity contribution in [3.8, 4) is 0 Å². The number of amides is 1. The fourth-order valence-corrected chi connectivity index (χ4v) is 5.27. The predicted octanol–water partition coefficient (Wildman–Crippen LogP) is 3.46. The van der Waals surface area contributed by atoms with Crippen molar-refractivity contribution in [1.29, 1.82) is 0 Å². The Morgan fingerprint density at radius 2 is 2.07 bits per heavy atom. The summed E-state index contributed by atoms with van der Waals surface area (Å²) < 4.78 is 5.42. The molecule has 156 valence electrons. The molecule has 6 nitrogen and oxygen atoms in total. The summed E-state index contributed by atoms with van der Waals surface area (Å²) in [5, 5.41) is 2.05. The number of carbonyl (C=O) groups is 1. The van der Waals surface area contributed by atoms with Gasteiger partial charge in [-0.2, -0.15) is 0 Å². The van der Waals surface area contributed by atoms with Crippen molar-refractivity contribution < 1.29 is 9.53 Å². The number of carbonyl (C=O) groups excluding carboxylic acids is 1. The molecule has 30 heavy (non-hydrogen) atoms. The summed E-state index contributed by atoms with van der Waals surface area (Å²) in [5.74, 6) is 0.438. The predicted molar refractivity (Wildman–Crippen MR) is 118 cm³/mol. The highest BCUT2D eigenvalue weighted by Crippen LogP contribution is 2.31. The minimum Gasteiger partial charge on any atom is -0.378 e. The molecule has 0 radical (unpaired) electrons. The van der Waals surface area contributed by atoms with E-state index in [0.717, 1.165) is 53.2 Å². The molecule has 1 amide bonds.